The number of pyridine rings is 1. The van der Waals surface area contributed by atoms with Crippen molar-refractivity contribution in [3.8, 4) is 0 Å². The number of amides is 1. The van der Waals surface area contributed by atoms with Crippen molar-refractivity contribution in [3.05, 3.63) is 124 Å². The van der Waals surface area contributed by atoms with Crippen LogP contribution in [0.3, 0.4) is 0 Å². The van der Waals surface area contributed by atoms with Gasteiger partial charge in [0.1, 0.15) is 0 Å². The minimum atomic E-state index is -3.79. The summed E-state index contributed by atoms with van der Waals surface area (Å²) in [7, 11) is -3.79. The lowest BCUT2D eigenvalue weighted by Crippen LogP contribution is -2.34. The molecule has 0 unspecified atom stereocenters. The number of hydrogen-bond acceptors (Lipinski definition) is 4. The highest BCUT2D eigenvalue weighted by Gasteiger charge is 2.46. The number of carbonyl (C=O) groups is 1. The van der Waals surface area contributed by atoms with Crippen LogP contribution in [-0.4, -0.2) is 19.3 Å². The topological polar surface area (TPSA) is 79.4 Å². The second-order valence-electron chi connectivity index (χ2n) is 11.0. The molecule has 2 aliphatic rings. The van der Waals surface area contributed by atoms with Crippen molar-refractivity contribution >= 4 is 33.2 Å². The molecule has 0 spiro atoms. The Hall–Kier alpha value is -3.52. The molecule has 1 amide bonds. The van der Waals surface area contributed by atoms with Gasteiger partial charge in [0.2, 0.25) is 15.9 Å². The number of aromatic nitrogens is 1. The Bertz CT molecular complexity index is 1690. The van der Waals surface area contributed by atoms with Crippen LogP contribution >= 0.6 is 11.6 Å². The van der Waals surface area contributed by atoms with E-state index in [1.807, 2.05) is 66.4 Å². The fourth-order valence-electron chi connectivity index (χ4n) is 5.85. The largest absolute Gasteiger partial charge is 0.306 e. The predicted octanol–water partition coefficient (Wildman–Crippen LogP) is 6.74. The molecule has 3 atom stereocenters. The summed E-state index contributed by atoms with van der Waals surface area (Å²) in [4.78, 5) is 20.7. The number of benzene rings is 3. The summed E-state index contributed by atoms with van der Waals surface area (Å²) < 4.78 is 29.5. The molecule has 6 nitrogen and oxygen atoms in total. The van der Waals surface area contributed by atoms with Crippen molar-refractivity contribution in [2.24, 2.45) is 5.92 Å². The van der Waals surface area contributed by atoms with Crippen LogP contribution in [0.5, 0.6) is 0 Å². The van der Waals surface area contributed by atoms with Crippen LogP contribution in [-0.2, 0) is 27.8 Å². The van der Waals surface area contributed by atoms with Gasteiger partial charge in [0, 0.05) is 28.4 Å². The third-order valence-corrected chi connectivity index (χ3v) is 9.73. The Morgan fingerprint density at radius 1 is 1.00 bits per heavy atom. The number of halogens is 1. The highest BCUT2D eigenvalue weighted by Crippen LogP contribution is 2.49. The van der Waals surface area contributed by atoms with Gasteiger partial charge in [-0.15, -0.1) is 0 Å². The van der Waals surface area contributed by atoms with Crippen LogP contribution in [0.15, 0.2) is 95.9 Å². The number of fused-ring (bicyclic) bond motifs is 1. The van der Waals surface area contributed by atoms with Crippen LogP contribution in [0, 0.1) is 12.8 Å². The van der Waals surface area contributed by atoms with Crippen LogP contribution in [0.2, 0.25) is 5.02 Å². The molecule has 4 aromatic rings. The van der Waals surface area contributed by atoms with Crippen LogP contribution in [0.4, 0.5) is 5.69 Å². The maximum absolute atomic E-state index is 14.0. The Kier molecular flexibility index (Phi) is 7.68. The monoisotopic (exact) mass is 585 g/mol. The molecule has 2 aliphatic carbocycles. The fraction of sp³-hybridized carbons (Fsp3) is 0.273. The van der Waals surface area contributed by atoms with Gasteiger partial charge in [-0.3, -0.25) is 9.78 Å². The Morgan fingerprint density at radius 2 is 1.80 bits per heavy atom. The predicted molar refractivity (Wildman–Crippen MR) is 161 cm³/mol. The molecular formula is C33H32ClN3O3S. The molecule has 1 fully saturated rings. The Morgan fingerprint density at radius 3 is 2.59 bits per heavy atom. The number of anilines is 1. The van der Waals surface area contributed by atoms with Gasteiger partial charge < -0.3 is 4.90 Å². The molecule has 3 aromatic carbocycles. The number of hydrogen-bond donors (Lipinski definition) is 1. The zero-order valence-electron chi connectivity index (χ0n) is 22.8. The second-order valence-corrected chi connectivity index (χ2v) is 13.1. The number of rotatable bonds is 8. The van der Waals surface area contributed by atoms with Gasteiger partial charge >= 0.3 is 0 Å². The van der Waals surface area contributed by atoms with Crippen molar-refractivity contribution in [1.29, 1.82) is 0 Å². The van der Waals surface area contributed by atoms with E-state index in [1.54, 1.807) is 18.2 Å². The first-order valence-corrected chi connectivity index (χ1v) is 15.8. The standard InChI is InChI=1S/C33H32ClN3O3S/c1-22-8-5-13-26(35-22)21-37(33(38)31-20-29(31)23-9-3-2-4-10-23)27-17-16-24-11-6-15-32(30(24)19-27)36-41(39,40)28-14-7-12-25(34)18-28/h2-5,7-10,12-14,16-19,29,31-32,36H,6,11,15,20-21H2,1H3/t29-,31-,32+/m1/s1. The number of nitrogens with one attached hydrogen (secondary N) is 1. The van der Waals surface area contributed by atoms with E-state index in [2.05, 4.69) is 21.8 Å². The zero-order chi connectivity index (χ0) is 28.6. The van der Waals surface area contributed by atoms with Crippen LogP contribution in [0.25, 0.3) is 0 Å². The summed E-state index contributed by atoms with van der Waals surface area (Å²) in [5.74, 6) is 0.163. The van der Waals surface area contributed by atoms with E-state index in [1.165, 1.54) is 11.6 Å². The highest BCUT2D eigenvalue weighted by molar-refractivity contribution is 7.89. The van der Waals surface area contributed by atoms with E-state index in [4.69, 9.17) is 11.6 Å². The van der Waals surface area contributed by atoms with Gasteiger partial charge in [0.25, 0.3) is 0 Å². The van der Waals surface area contributed by atoms with Crippen molar-refractivity contribution in [1.82, 2.24) is 9.71 Å². The van der Waals surface area contributed by atoms with Gasteiger partial charge in [-0.05, 0) is 97.7 Å². The van der Waals surface area contributed by atoms with E-state index in [0.29, 0.717) is 18.0 Å². The lowest BCUT2D eigenvalue weighted by atomic mass is 9.87. The summed E-state index contributed by atoms with van der Waals surface area (Å²) in [6, 6.07) is 27.9. The van der Waals surface area contributed by atoms with E-state index in [-0.39, 0.29) is 22.6 Å². The number of nitrogens with zero attached hydrogens (tertiary/aromatic N) is 2. The number of carbonyl (C=O) groups excluding carboxylic acids is 1. The van der Waals surface area contributed by atoms with Crippen LogP contribution in [0.1, 0.15) is 59.3 Å². The minimum Gasteiger partial charge on any atom is -0.306 e. The lowest BCUT2D eigenvalue weighted by Gasteiger charge is -2.29. The summed E-state index contributed by atoms with van der Waals surface area (Å²) in [6.45, 7) is 2.29. The second kappa shape index (κ2) is 11.4. The summed E-state index contributed by atoms with van der Waals surface area (Å²) in [5.41, 5.74) is 5.64. The molecule has 1 saturated carbocycles. The Balaban J connectivity index is 1.32. The molecule has 1 N–H and O–H groups in total. The molecule has 0 bridgehead atoms. The average molecular weight is 586 g/mol. The third kappa shape index (κ3) is 6.08. The van der Waals surface area contributed by atoms with Crippen molar-refractivity contribution in [3.63, 3.8) is 0 Å². The molecule has 0 radical (unpaired) electrons. The van der Waals surface area contributed by atoms with Crippen molar-refractivity contribution in [2.75, 3.05) is 4.90 Å². The van der Waals surface area contributed by atoms with E-state index in [9.17, 15) is 13.2 Å². The van der Waals surface area contributed by atoms with Crippen molar-refractivity contribution in [2.45, 2.75) is 56.0 Å². The van der Waals surface area contributed by atoms with E-state index < -0.39 is 16.1 Å². The first kappa shape index (κ1) is 27.6. The summed E-state index contributed by atoms with van der Waals surface area (Å²) >= 11 is 6.08. The minimum absolute atomic E-state index is 0.0639. The third-order valence-electron chi connectivity index (χ3n) is 8.03. The SMILES string of the molecule is Cc1cccc(CN(C(=O)[C@@H]2C[C@@H]2c2ccccc2)c2ccc3c(c2)[C@@H](NS(=O)(=O)c2cccc(Cl)c2)CCC3)n1. The first-order chi connectivity index (χ1) is 19.8. The average Bonchev–Trinajstić information content (AvgIpc) is 3.77. The smallest absolute Gasteiger partial charge is 0.241 e. The molecular weight excluding hydrogens is 554 g/mol. The van der Waals surface area contributed by atoms with Gasteiger partial charge in [0.05, 0.1) is 17.1 Å². The van der Waals surface area contributed by atoms with Gasteiger partial charge in [-0.2, -0.15) is 0 Å². The number of sulfonamides is 1. The number of aryl methyl sites for hydroxylation is 2. The molecule has 1 heterocycles. The van der Waals surface area contributed by atoms with E-state index in [0.717, 1.165) is 47.5 Å². The Labute approximate surface area is 246 Å². The normalized spacial score (nSPS) is 19.8. The maximum atomic E-state index is 14.0. The molecule has 6 rings (SSSR count). The molecule has 1 aromatic heterocycles. The maximum Gasteiger partial charge on any atom is 0.241 e. The fourth-order valence-corrected chi connectivity index (χ4v) is 7.40. The molecule has 210 valence electrons. The van der Waals surface area contributed by atoms with Crippen molar-refractivity contribution < 1.29 is 13.2 Å². The quantitative estimate of drug-likeness (QED) is 0.248. The van der Waals surface area contributed by atoms with E-state index >= 15 is 0 Å². The first-order valence-electron chi connectivity index (χ1n) is 14.0. The molecule has 0 saturated heterocycles. The highest BCUT2D eigenvalue weighted by atomic mass is 35.5. The van der Waals surface area contributed by atoms with Gasteiger partial charge in [0.15, 0.2) is 0 Å². The van der Waals surface area contributed by atoms with Gasteiger partial charge in [-0.25, -0.2) is 13.1 Å². The lowest BCUT2D eigenvalue weighted by molar-refractivity contribution is -0.120. The van der Waals surface area contributed by atoms with Gasteiger partial charge in [-0.1, -0.05) is 60.1 Å². The molecule has 0 aliphatic heterocycles. The summed E-state index contributed by atoms with van der Waals surface area (Å²) in [6.07, 6.45) is 3.21. The van der Waals surface area contributed by atoms with Crippen LogP contribution < -0.4 is 9.62 Å². The summed E-state index contributed by atoms with van der Waals surface area (Å²) in [5, 5.41) is 0.368. The zero-order valence-corrected chi connectivity index (χ0v) is 24.4. The molecule has 8 heteroatoms. The molecule has 41 heavy (non-hydrogen) atoms.